The highest BCUT2D eigenvalue weighted by Gasteiger charge is 2.10. The molecular weight excluding hydrogens is 202 g/mol. The van der Waals surface area contributed by atoms with Gasteiger partial charge in [0.05, 0.1) is 32.5 Å². The predicted octanol–water partition coefficient (Wildman–Crippen LogP) is -0.973. The van der Waals surface area contributed by atoms with Gasteiger partial charge in [-0.3, -0.25) is 9.69 Å². The Hall–Kier alpha value is -0.690. The Morgan fingerprint density at radius 1 is 1.47 bits per heavy atom. The van der Waals surface area contributed by atoms with E-state index >= 15 is 0 Å². The topological polar surface area (TPSA) is 79.2 Å². The predicted molar refractivity (Wildman–Crippen MR) is 53.8 cm³/mol. The number of carbonyl (C=O) groups is 1. The van der Waals surface area contributed by atoms with E-state index in [-0.39, 0.29) is 19.7 Å². The fourth-order valence-corrected chi connectivity index (χ4v) is 1.07. The lowest BCUT2D eigenvalue weighted by molar-refractivity contribution is -0.138. The molecular formula is C9H19NO5. The van der Waals surface area contributed by atoms with Gasteiger partial charge in [-0.2, -0.15) is 0 Å². The summed E-state index contributed by atoms with van der Waals surface area (Å²) in [6.07, 6.45) is -0.675. The number of hydrogen-bond acceptors (Lipinski definition) is 5. The lowest BCUT2D eigenvalue weighted by Crippen LogP contribution is -2.35. The van der Waals surface area contributed by atoms with Crippen molar-refractivity contribution in [3.8, 4) is 0 Å². The Labute approximate surface area is 89.4 Å². The number of nitrogens with zero attached hydrogens (tertiary/aromatic N) is 1. The maximum atomic E-state index is 10.3. The molecule has 0 aliphatic carbocycles. The lowest BCUT2D eigenvalue weighted by atomic mass is 10.3. The summed E-state index contributed by atoms with van der Waals surface area (Å²) in [6, 6.07) is 0. The molecule has 0 aromatic carbocycles. The molecule has 2 N–H and O–H groups in total. The first-order valence-corrected chi connectivity index (χ1v) is 4.71. The minimum atomic E-state index is -0.912. The lowest BCUT2D eigenvalue weighted by Gasteiger charge is -2.18. The number of aliphatic hydroxyl groups excluding tert-OH is 1. The highest BCUT2D eigenvalue weighted by atomic mass is 16.5. The summed E-state index contributed by atoms with van der Waals surface area (Å²) < 4.78 is 9.86. The van der Waals surface area contributed by atoms with E-state index in [9.17, 15) is 9.90 Å². The molecule has 0 bridgehead atoms. The highest BCUT2D eigenvalue weighted by Crippen LogP contribution is 1.91. The van der Waals surface area contributed by atoms with E-state index in [1.807, 2.05) is 0 Å². The Balaban J connectivity index is 3.46. The van der Waals surface area contributed by atoms with Crippen LogP contribution in [0.15, 0.2) is 0 Å². The third-order valence-electron chi connectivity index (χ3n) is 1.67. The highest BCUT2D eigenvalue weighted by molar-refractivity contribution is 5.68. The number of likely N-dealkylation sites (N-methyl/N-ethyl adjacent to an activating group) is 1. The molecule has 0 saturated heterocycles. The Kier molecular flexibility index (Phi) is 8.21. The number of carboxylic acids is 1. The Morgan fingerprint density at radius 2 is 2.13 bits per heavy atom. The van der Waals surface area contributed by atoms with Crippen LogP contribution in [-0.4, -0.2) is 74.3 Å². The Bertz CT molecular complexity index is 176. The quantitative estimate of drug-likeness (QED) is 0.487. The van der Waals surface area contributed by atoms with Gasteiger partial charge in [0.15, 0.2) is 0 Å². The monoisotopic (exact) mass is 221 g/mol. The van der Waals surface area contributed by atoms with Crippen molar-refractivity contribution in [2.75, 3.05) is 47.1 Å². The first kappa shape index (κ1) is 14.3. The fourth-order valence-electron chi connectivity index (χ4n) is 1.07. The second-order valence-electron chi connectivity index (χ2n) is 3.31. The summed E-state index contributed by atoms with van der Waals surface area (Å²) >= 11 is 0. The van der Waals surface area contributed by atoms with Gasteiger partial charge in [-0.15, -0.1) is 0 Å². The van der Waals surface area contributed by atoms with Crippen molar-refractivity contribution in [3.63, 3.8) is 0 Å². The first-order chi connectivity index (χ1) is 7.06. The minimum absolute atomic E-state index is 0.0882. The molecule has 0 saturated carbocycles. The van der Waals surface area contributed by atoms with E-state index in [1.54, 1.807) is 14.2 Å². The molecule has 1 unspecified atom stereocenters. The maximum absolute atomic E-state index is 10.3. The van der Waals surface area contributed by atoms with Gasteiger partial charge >= 0.3 is 5.97 Å². The van der Waals surface area contributed by atoms with Crippen molar-refractivity contribution in [1.29, 1.82) is 0 Å². The molecule has 0 fully saturated rings. The van der Waals surface area contributed by atoms with E-state index in [4.69, 9.17) is 14.6 Å². The summed E-state index contributed by atoms with van der Waals surface area (Å²) in [6.45, 7) is 1.29. The van der Waals surface area contributed by atoms with Crippen LogP contribution in [0.25, 0.3) is 0 Å². The summed E-state index contributed by atoms with van der Waals surface area (Å²) in [5, 5.41) is 17.9. The van der Waals surface area contributed by atoms with Crippen molar-refractivity contribution in [3.05, 3.63) is 0 Å². The summed E-state index contributed by atoms with van der Waals surface area (Å²) in [5.41, 5.74) is 0. The molecule has 0 heterocycles. The third kappa shape index (κ3) is 9.61. The molecule has 90 valence electrons. The van der Waals surface area contributed by atoms with Crippen molar-refractivity contribution < 1.29 is 24.5 Å². The van der Waals surface area contributed by atoms with Crippen LogP contribution in [0.5, 0.6) is 0 Å². The molecule has 0 aromatic rings. The second-order valence-corrected chi connectivity index (χ2v) is 3.31. The molecule has 15 heavy (non-hydrogen) atoms. The van der Waals surface area contributed by atoms with E-state index in [2.05, 4.69) is 0 Å². The summed E-state index contributed by atoms with van der Waals surface area (Å²) in [5.74, 6) is -0.912. The van der Waals surface area contributed by atoms with E-state index in [0.29, 0.717) is 13.2 Å². The van der Waals surface area contributed by atoms with Crippen molar-refractivity contribution in [2.45, 2.75) is 6.10 Å². The first-order valence-electron chi connectivity index (χ1n) is 4.71. The van der Waals surface area contributed by atoms with Gasteiger partial charge in [0.2, 0.25) is 0 Å². The van der Waals surface area contributed by atoms with Crippen LogP contribution < -0.4 is 0 Å². The van der Waals surface area contributed by atoms with Crippen molar-refractivity contribution in [1.82, 2.24) is 4.90 Å². The van der Waals surface area contributed by atoms with Gasteiger partial charge in [0.1, 0.15) is 0 Å². The van der Waals surface area contributed by atoms with E-state index in [0.717, 1.165) is 0 Å². The van der Waals surface area contributed by atoms with Gasteiger partial charge in [-0.25, -0.2) is 0 Å². The summed E-state index contributed by atoms with van der Waals surface area (Å²) in [7, 11) is 3.20. The molecule has 6 heteroatoms. The van der Waals surface area contributed by atoms with Crippen LogP contribution >= 0.6 is 0 Å². The van der Waals surface area contributed by atoms with Crippen LogP contribution in [0.3, 0.4) is 0 Å². The van der Waals surface area contributed by atoms with Gasteiger partial charge in [0, 0.05) is 13.7 Å². The number of rotatable bonds is 9. The number of methoxy groups -OCH3 is 1. The number of carboxylic acid groups (broad SMARTS) is 1. The number of hydrogen-bond donors (Lipinski definition) is 2. The van der Waals surface area contributed by atoms with E-state index in [1.165, 1.54) is 4.90 Å². The number of aliphatic hydroxyl groups is 1. The van der Waals surface area contributed by atoms with E-state index < -0.39 is 12.1 Å². The molecule has 0 aliphatic rings. The van der Waals surface area contributed by atoms with Crippen LogP contribution in [0.2, 0.25) is 0 Å². The molecule has 1 atom stereocenters. The normalized spacial score (nSPS) is 13.1. The molecule has 6 nitrogen and oxygen atoms in total. The Morgan fingerprint density at radius 3 is 2.67 bits per heavy atom. The zero-order valence-electron chi connectivity index (χ0n) is 9.18. The maximum Gasteiger partial charge on any atom is 0.317 e. The van der Waals surface area contributed by atoms with Crippen LogP contribution in [0, 0.1) is 0 Å². The molecule has 0 rings (SSSR count). The SMILES string of the molecule is COCCOCC(O)CN(C)CC(=O)O. The van der Waals surface area contributed by atoms with Gasteiger partial charge in [-0.05, 0) is 7.05 Å². The molecule has 0 amide bonds. The number of aliphatic carboxylic acids is 1. The standard InChI is InChI=1S/C9H19NO5/c1-10(6-9(12)13)5-8(11)7-15-4-3-14-2/h8,11H,3-7H2,1-2H3,(H,12,13). The van der Waals surface area contributed by atoms with Crippen LogP contribution in [0.4, 0.5) is 0 Å². The van der Waals surface area contributed by atoms with Crippen molar-refractivity contribution >= 4 is 5.97 Å². The van der Waals surface area contributed by atoms with Crippen LogP contribution in [0.1, 0.15) is 0 Å². The third-order valence-corrected chi connectivity index (χ3v) is 1.67. The van der Waals surface area contributed by atoms with Gasteiger partial charge < -0.3 is 19.7 Å². The van der Waals surface area contributed by atoms with Crippen molar-refractivity contribution in [2.24, 2.45) is 0 Å². The number of ether oxygens (including phenoxy) is 2. The molecule has 0 radical (unpaired) electrons. The second kappa shape index (κ2) is 8.60. The molecule has 0 aromatic heterocycles. The fraction of sp³-hybridized carbons (Fsp3) is 0.889. The largest absolute Gasteiger partial charge is 0.480 e. The smallest absolute Gasteiger partial charge is 0.317 e. The van der Waals surface area contributed by atoms with Gasteiger partial charge in [-0.1, -0.05) is 0 Å². The minimum Gasteiger partial charge on any atom is -0.480 e. The van der Waals surface area contributed by atoms with Gasteiger partial charge in [0.25, 0.3) is 0 Å². The zero-order valence-corrected chi connectivity index (χ0v) is 9.18. The summed E-state index contributed by atoms with van der Waals surface area (Å²) in [4.78, 5) is 11.8. The zero-order chi connectivity index (χ0) is 11.7. The molecule has 0 spiro atoms. The average molecular weight is 221 g/mol. The average Bonchev–Trinajstić information content (AvgIpc) is 2.10. The molecule has 0 aliphatic heterocycles. The van der Waals surface area contributed by atoms with Crippen LogP contribution in [-0.2, 0) is 14.3 Å².